The van der Waals surface area contributed by atoms with E-state index < -0.39 is 11.4 Å². The maximum atomic E-state index is 12.4. The summed E-state index contributed by atoms with van der Waals surface area (Å²) in [7, 11) is 0. The van der Waals surface area contributed by atoms with Crippen molar-refractivity contribution in [3.05, 3.63) is 0 Å². The lowest BCUT2D eigenvalue weighted by molar-refractivity contribution is -0.157. The molecule has 20 heavy (non-hydrogen) atoms. The number of hydrogen-bond acceptors (Lipinski definition) is 3. The van der Waals surface area contributed by atoms with Gasteiger partial charge in [-0.2, -0.15) is 0 Å². The lowest BCUT2D eigenvalue weighted by Crippen LogP contribution is -2.45. The van der Waals surface area contributed by atoms with E-state index in [4.69, 9.17) is 4.74 Å². The number of carboxylic acids is 1. The molecule has 0 aliphatic carbocycles. The van der Waals surface area contributed by atoms with E-state index in [1.807, 2.05) is 0 Å². The molecule has 1 N–H and O–H groups in total. The van der Waals surface area contributed by atoms with Crippen LogP contribution in [0.25, 0.3) is 0 Å². The van der Waals surface area contributed by atoms with Gasteiger partial charge < -0.3 is 14.7 Å². The Balaban J connectivity index is 2.05. The van der Waals surface area contributed by atoms with Gasteiger partial charge in [0.25, 0.3) is 0 Å². The van der Waals surface area contributed by atoms with Crippen molar-refractivity contribution in [1.82, 2.24) is 4.90 Å². The molecule has 0 aromatic carbocycles. The molecule has 0 spiro atoms. The van der Waals surface area contributed by atoms with E-state index in [2.05, 4.69) is 13.8 Å². The van der Waals surface area contributed by atoms with Crippen LogP contribution in [0.3, 0.4) is 0 Å². The fraction of sp³-hybridized carbons (Fsp3) is 0.867. The van der Waals surface area contributed by atoms with Crippen molar-refractivity contribution in [3.63, 3.8) is 0 Å². The lowest BCUT2D eigenvalue weighted by atomic mass is 9.74. The quantitative estimate of drug-likeness (QED) is 0.835. The normalized spacial score (nSPS) is 29.6. The number of aliphatic carboxylic acids is 1. The summed E-state index contributed by atoms with van der Waals surface area (Å²) in [5.74, 6) is -0.320. The number of nitrogens with zero attached hydrogens (tertiary/aromatic N) is 1. The molecule has 0 aromatic heterocycles. The second kappa shape index (κ2) is 6.12. The van der Waals surface area contributed by atoms with Gasteiger partial charge in [-0.15, -0.1) is 0 Å². The molecule has 0 bridgehead atoms. The van der Waals surface area contributed by atoms with Crippen molar-refractivity contribution in [2.75, 3.05) is 26.3 Å². The zero-order chi connectivity index (χ0) is 14.8. The minimum Gasteiger partial charge on any atom is -0.481 e. The Hall–Kier alpha value is -1.10. The minimum atomic E-state index is -0.776. The standard InChI is InChI=1S/C15H25NO4/c1-3-11(4-2)7-13(17)16-8-12-9-20-6-5-15(12,10-16)14(18)19/h11-12H,3-10H2,1-2H3,(H,18,19)/t12-,15+/m0/s1. The maximum Gasteiger partial charge on any atom is 0.311 e. The zero-order valence-corrected chi connectivity index (χ0v) is 12.4. The number of amides is 1. The number of fused-ring (bicyclic) bond motifs is 1. The van der Waals surface area contributed by atoms with E-state index in [0.717, 1.165) is 12.8 Å². The molecule has 2 rings (SSSR count). The van der Waals surface area contributed by atoms with Crippen LogP contribution in [0.2, 0.25) is 0 Å². The zero-order valence-electron chi connectivity index (χ0n) is 12.4. The van der Waals surface area contributed by atoms with Crippen LogP contribution in [-0.2, 0) is 14.3 Å². The van der Waals surface area contributed by atoms with Crippen LogP contribution in [0.1, 0.15) is 39.5 Å². The van der Waals surface area contributed by atoms with Gasteiger partial charge in [-0.25, -0.2) is 0 Å². The maximum absolute atomic E-state index is 12.4. The highest BCUT2D eigenvalue weighted by molar-refractivity contribution is 5.81. The summed E-state index contributed by atoms with van der Waals surface area (Å²) in [6.07, 6.45) is 3.04. The molecular formula is C15H25NO4. The van der Waals surface area contributed by atoms with E-state index in [1.54, 1.807) is 4.90 Å². The van der Waals surface area contributed by atoms with Gasteiger partial charge in [-0.3, -0.25) is 9.59 Å². The molecular weight excluding hydrogens is 258 g/mol. The molecule has 2 saturated heterocycles. The van der Waals surface area contributed by atoms with Crippen LogP contribution in [0.15, 0.2) is 0 Å². The Kier molecular flexibility index (Phi) is 4.68. The highest BCUT2D eigenvalue weighted by atomic mass is 16.5. The van der Waals surface area contributed by atoms with Gasteiger partial charge in [0.05, 0.1) is 12.0 Å². The van der Waals surface area contributed by atoms with Crippen LogP contribution in [0.5, 0.6) is 0 Å². The topological polar surface area (TPSA) is 66.8 Å². The second-order valence-corrected chi connectivity index (χ2v) is 6.14. The van der Waals surface area contributed by atoms with Crippen LogP contribution in [0.4, 0.5) is 0 Å². The first-order chi connectivity index (χ1) is 9.53. The molecule has 2 atom stereocenters. The Bertz CT molecular complexity index is 380. The molecule has 0 saturated carbocycles. The van der Waals surface area contributed by atoms with Gasteiger partial charge in [-0.05, 0) is 12.3 Å². The monoisotopic (exact) mass is 283 g/mol. The van der Waals surface area contributed by atoms with E-state index in [0.29, 0.717) is 45.1 Å². The summed E-state index contributed by atoms with van der Waals surface area (Å²) < 4.78 is 5.41. The SMILES string of the molecule is CCC(CC)CC(=O)N1C[C@H]2COCC[C@@]2(C(=O)O)C1. The predicted molar refractivity (Wildman–Crippen MR) is 74.3 cm³/mol. The molecule has 5 nitrogen and oxygen atoms in total. The third-order valence-corrected chi connectivity index (χ3v) is 5.10. The van der Waals surface area contributed by atoms with Crippen molar-refractivity contribution in [2.24, 2.45) is 17.3 Å². The lowest BCUT2D eigenvalue weighted by Gasteiger charge is -2.33. The van der Waals surface area contributed by atoms with Gasteiger partial charge in [0.2, 0.25) is 5.91 Å². The number of rotatable bonds is 5. The molecule has 5 heteroatoms. The molecule has 2 aliphatic heterocycles. The van der Waals surface area contributed by atoms with Gasteiger partial charge in [0.15, 0.2) is 0 Å². The fourth-order valence-corrected chi connectivity index (χ4v) is 3.44. The van der Waals surface area contributed by atoms with Crippen LogP contribution < -0.4 is 0 Å². The molecule has 0 radical (unpaired) electrons. The average Bonchev–Trinajstić information content (AvgIpc) is 2.85. The van der Waals surface area contributed by atoms with E-state index in [1.165, 1.54) is 0 Å². The number of carbonyl (C=O) groups is 2. The minimum absolute atomic E-state index is 0.0561. The largest absolute Gasteiger partial charge is 0.481 e. The summed E-state index contributed by atoms with van der Waals surface area (Å²) >= 11 is 0. The van der Waals surface area contributed by atoms with Crippen LogP contribution in [0, 0.1) is 17.3 Å². The molecule has 2 heterocycles. The van der Waals surface area contributed by atoms with Gasteiger partial charge in [-0.1, -0.05) is 26.7 Å². The van der Waals surface area contributed by atoms with Crippen molar-refractivity contribution in [1.29, 1.82) is 0 Å². The number of carboxylic acid groups (broad SMARTS) is 1. The highest BCUT2D eigenvalue weighted by Gasteiger charge is 2.54. The van der Waals surface area contributed by atoms with Crippen LogP contribution >= 0.6 is 0 Å². The number of ether oxygens (including phenoxy) is 1. The molecule has 2 aliphatic rings. The molecule has 114 valence electrons. The van der Waals surface area contributed by atoms with Crippen molar-refractivity contribution >= 4 is 11.9 Å². The molecule has 2 fully saturated rings. The van der Waals surface area contributed by atoms with E-state index in [9.17, 15) is 14.7 Å². The van der Waals surface area contributed by atoms with Crippen LogP contribution in [-0.4, -0.2) is 48.2 Å². The molecule has 0 aromatic rings. The van der Waals surface area contributed by atoms with Gasteiger partial charge >= 0.3 is 5.97 Å². The summed E-state index contributed by atoms with van der Waals surface area (Å²) in [5.41, 5.74) is -0.776. The van der Waals surface area contributed by atoms with Crippen molar-refractivity contribution in [2.45, 2.75) is 39.5 Å². The summed E-state index contributed by atoms with van der Waals surface area (Å²) in [5, 5.41) is 9.58. The second-order valence-electron chi connectivity index (χ2n) is 6.14. The van der Waals surface area contributed by atoms with Gasteiger partial charge in [0, 0.05) is 32.0 Å². The Morgan fingerprint density at radius 2 is 2.10 bits per heavy atom. The van der Waals surface area contributed by atoms with E-state index >= 15 is 0 Å². The summed E-state index contributed by atoms with van der Waals surface area (Å²) in [4.78, 5) is 25.8. The van der Waals surface area contributed by atoms with Crippen molar-refractivity contribution < 1.29 is 19.4 Å². The van der Waals surface area contributed by atoms with Crippen molar-refractivity contribution in [3.8, 4) is 0 Å². The molecule has 0 unspecified atom stereocenters. The van der Waals surface area contributed by atoms with E-state index in [-0.39, 0.29) is 11.8 Å². The predicted octanol–water partition coefficient (Wildman–Crippen LogP) is 1.76. The molecule has 1 amide bonds. The first kappa shape index (κ1) is 15.3. The summed E-state index contributed by atoms with van der Waals surface area (Å²) in [6.45, 7) is 6.02. The third-order valence-electron chi connectivity index (χ3n) is 5.10. The Morgan fingerprint density at radius 1 is 1.40 bits per heavy atom. The highest BCUT2D eigenvalue weighted by Crippen LogP contribution is 2.42. The first-order valence-corrected chi connectivity index (χ1v) is 7.62. The smallest absolute Gasteiger partial charge is 0.311 e. The Labute approximate surface area is 120 Å². The van der Waals surface area contributed by atoms with Gasteiger partial charge in [0.1, 0.15) is 0 Å². The number of hydrogen-bond donors (Lipinski definition) is 1. The number of carbonyl (C=O) groups excluding carboxylic acids is 1. The first-order valence-electron chi connectivity index (χ1n) is 7.62. The third kappa shape index (κ3) is 2.68. The Morgan fingerprint density at radius 3 is 2.65 bits per heavy atom. The number of likely N-dealkylation sites (tertiary alicyclic amines) is 1. The average molecular weight is 283 g/mol. The summed E-state index contributed by atoms with van der Waals surface area (Å²) in [6, 6.07) is 0. The fourth-order valence-electron chi connectivity index (χ4n) is 3.44.